The van der Waals surface area contributed by atoms with Gasteiger partial charge in [0.25, 0.3) is 10.0 Å². The summed E-state index contributed by atoms with van der Waals surface area (Å²) in [5.41, 5.74) is 1.19. The zero-order valence-corrected chi connectivity index (χ0v) is 14.4. The molecule has 0 saturated carbocycles. The monoisotopic (exact) mass is 347 g/mol. The fourth-order valence-corrected chi connectivity index (χ4v) is 3.79. The number of hydrogen-bond acceptors (Lipinski definition) is 4. The van der Waals surface area contributed by atoms with E-state index in [1.54, 1.807) is 36.4 Å². The minimum absolute atomic E-state index is 0.227. The van der Waals surface area contributed by atoms with E-state index in [-0.39, 0.29) is 4.90 Å². The van der Waals surface area contributed by atoms with Gasteiger partial charge in [0.15, 0.2) is 0 Å². The standard InChI is InChI=1S/C17H21N3O3S/c1-23-16-6-8-17(9-7-16)24(21,22)18-20-12-4-5-15(14-20)13-19-10-2-3-11-19/h2-3,5-11,18H,4,12-14H2,1H3. The van der Waals surface area contributed by atoms with Crippen LogP contribution in [0.2, 0.25) is 0 Å². The molecule has 1 N–H and O–H groups in total. The van der Waals surface area contributed by atoms with Crippen LogP contribution in [0.5, 0.6) is 5.75 Å². The summed E-state index contributed by atoms with van der Waals surface area (Å²) in [6.45, 7) is 2.01. The Morgan fingerprint density at radius 1 is 1.17 bits per heavy atom. The van der Waals surface area contributed by atoms with Gasteiger partial charge in [-0.2, -0.15) is 0 Å². The lowest BCUT2D eigenvalue weighted by Crippen LogP contribution is -2.45. The number of hydrazine groups is 1. The molecule has 0 unspecified atom stereocenters. The minimum atomic E-state index is -3.58. The number of nitrogens with one attached hydrogen (secondary N) is 1. The van der Waals surface area contributed by atoms with Crippen molar-refractivity contribution in [2.45, 2.75) is 17.9 Å². The molecule has 2 heterocycles. The molecule has 1 aromatic heterocycles. The Hall–Kier alpha value is -2.09. The zero-order chi connectivity index (χ0) is 17.0. The smallest absolute Gasteiger partial charge is 0.253 e. The summed E-state index contributed by atoms with van der Waals surface area (Å²) in [4.78, 5) is 2.90. The van der Waals surface area contributed by atoms with E-state index in [9.17, 15) is 8.42 Å². The van der Waals surface area contributed by atoms with Crippen LogP contribution < -0.4 is 9.57 Å². The van der Waals surface area contributed by atoms with Gasteiger partial charge in [-0.25, -0.2) is 13.4 Å². The summed E-state index contributed by atoms with van der Waals surface area (Å²) >= 11 is 0. The fraction of sp³-hybridized carbons (Fsp3) is 0.294. The molecule has 0 atom stereocenters. The van der Waals surface area contributed by atoms with Gasteiger partial charge < -0.3 is 9.30 Å². The van der Waals surface area contributed by atoms with E-state index >= 15 is 0 Å². The van der Waals surface area contributed by atoms with Crippen molar-refractivity contribution in [1.29, 1.82) is 0 Å². The lowest BCUT2D eigenvalue weighted by Gasteiger charge is -2.27. The van der Waals surface area contributed by atoms with Gasteiger partial charge in [-0.3, -0.25) is 0 Å². The molecule has 0 aliphatic carbocycles. The highest BCUT2D eigenvalue weighted by Gasteiger charge is 2.21. The Bertz CT molecular complexity index is 796. The largest absolute Gasteiger partial charge is 0.497 e. The molecule has 0 radical (unpaired) electrons. The molecule has 1 aliphatic heterocycles. The van der Waals surface area contributed by atoms with Crippen LogP contribution in [0.25, 0.3) is 0 Å². The second-order valence-corrected chi connectivity index (χ2v) is 7.36. The normalized spacial score (nSPS) is 16.0. The van der Waals surface area contributed by atoms with Crippen LogP contribution in [0, 0.1) is 0 Å². The first-order valence-corrected chi connectivity index (χ1v) is 9.25. The van der Waals surface area contributed by atoms with E-state index in [0.29, 0.717) is 18.8 Å². The van der Waals surface area contributed by atoms with E-state index in [1.807, 2.05) is 24.5 Å². The Labute approximate surface area is 142 Å². The quantitative estimate of drug-likeness (QED) is 0.812. The number of hydrogen-bond donors (Lipinski definition) is 1. The van der Waals surface area contributed by atoms with Crippen molar-refractivity contribution in [3.05, 3.63) is 60.4 Å². The second kappa shape index (κ2) is 7.21. The average molecular weight is 347 g/mol. The molecule has 7 heteroatoms. The van der Waals surface area contributed by atoms with Gasteiger partial charge in [0.2, 0.25) is 0 Å². The lowest BCUT2D eigenvalue weighted by molar-refractivity contribution is 0.251. The molecular weight excluding hydrogens is 326 g/mol. The predicted octanol–water partition coefficient (Wildman–Crippen LogP) is 2.02. The second-order valence-electron chi connectivity index (χ2n) is 5.70. The van der Waals surface area contributed by atoms with Crippen LogP contribution in [-0.2, 0) is 16.6 Å². The summed E-state index contributed by atoms with van der Waals surface area (Å²) in [5, 5.41) is 1.75. The number of benzene rings is 1. The van der Waals surface area contributed by atoms with E-state index in [0.717, 1.165) is 13.0 Å². The number of aromatic nitrogens is 1. The summed E-state index contributed by atoms with van der Waals surface area (Å²) in [5.74, 6) is 0.629. The predicted molar refractivity (Wildman–Crippen MR) is 92.0 cm³/mol. The number of nitrogens with zero attached hydrogens (tertiary/aromatic N) is 2. The van der Waals surface area contributed by atoms with Crippen molar-refractivity contribution in [3.63, 3.8) is 0 Å². The molecule has 3 rings (SSSR count). The van der Waals surface area contributed by atoms with E-state index in [1.165, 1.54) is 5.57 Å². The maximum atomic E-state index is 12.5. The van der Waals surface area contributed by atoms with Crippen LogP contribution in [0.15, 0.2) is 65.3 Å². The molecule has 1 aliphatic rings. The Kier molecular flexibility index (Phi) is 5.03. The maximum absolute atomic E-state index is 12.5. The summed E-state index contributed by atoms with van der Waals surface area (Å²) in [6.07, 6.45) is 7.00. The molecule has 6 nitrogen and oxygen atoms in total. The van der Waals surface area contributed by atoms with Gasteiger partial charge >= 0.3 is 0 Å². The first kappa shape index (κ1) is 16.8. The highest BCUT2D eigenvalue weighted by Crippen LogP contribution is 2.17. The van der Waals surface area contributed by atoms with Crippen LogP contribution in [-0.4, -0.2) is 38.2 Å². The third-order valence-corrected chi connectivity index (χ3v) is 5.29. The molecule has 0 fully saturated rings. The van der Waals surface area contributed by atoms with Crippen molar-refractivity contribution in [2.24, 2.45) is 0 Å². The Morgan fingerprint density at radius 3 is 2.54 bits per heavy atom. The molecule has 128 valence electrons. The van der Waals surface area contributed by atoms with Gasteiger partial charge in [0.05, 0.1) is 12.0 Å². The van der Waals surface area contributed by atoms with Gasteiger partial charge in [0, 0.05) is 32.0 Å². The number of methoxy groups -OCH3 is 1. The number of sulfonamides is 1. The molecule has 0 bridgehead atoms. The first-order chi connectivity index (χ1) is 11.6. The lowest BCUT2D eigenvalue weighted by atomic mass is 10.1. The highest BCUT2D eigenvalue weighted by atomic mass is 32.2. The third-order valence-electron chi connectivity index (χ3n) is 3.90. The molecule has 24 heavy (non-hydrogen) atoms. The van der Waals surface area contributed by atoms with Crippen LogP contribution in [0.4, 0.5) is 0 Å². The maximum Gasteiger partial charge on any atom is 0.253 e. The molecule has 0 spiro atoms. The zero-order valence-electron chi connectivity index (χ0n) is 13.6. The third kappa shape index (κ3) is 4.05. The van der Waals surface area contributed by atoms with E-state index < -0.39 is 10.0 Å². The fourth-order valence-electron chi connectivity index (χ4n) is 2.69. The van der Waals surface area contributed by atoms with Gasteiger partial charge in [-0.1, -0.05) is 6.08 Å². The van der Waals surface area contributed by atoms with Crippen molar-refractivity contribution in [3.8, 4) is 5.75 Å². The molecule has 0 saturated heterocycles. The highest BCUT2D eigenvalue weighted by molar-refractivity contribution is 7.89. The summed E-state index contributed by atoms with van der Waals surface area (Å²) in [7, 11) is -2.03. The minimum Gasteiger partial charge on any atom is -0.497 e. The Morgan fingerprint density at radius 2 is 1.88 bits per heavy atom. The first-order valence-electron chi connectivity index (χ1n) is 7.77. The average Bonchev–Trinajstić information content (AvgIpc) is 3.08. The number of ether oxygens (including phenoxy) is 1. The molecular formula is C17H21N3O3S. The van der Waals surface area contributed by atoms with Gasteiger partial charge in [-0.05, 0) is 48.4 Å². The van der Waals surface area contributed by atoms with Crippen LogP contribution in [0.1, 0.15) is 6.42 Å². The molecule has 1 aromatic carbocycles. The van der Waals surface area contributed by atoms with Crippen LogP contribution >= 0.6 is 0 Å². The summed E-state index contributed by atoms with van der Waals surface area (Å²) in [6, 6.07) is 10.3. The molecule has 2 aromatic rings. The van der Waals surface area contributed by atoms with Crippen molar-refractivity contribution in [1.82, 2.24) is 14.4 Å². The topological polar surface area (TPSA) is 63.6 Å². The summed E-state index contributed by atoms with van der Waals surface area (Å²) < 4.78 is 32.1. The number of rotatable bonds is 6. The van der Waals surface area contributed by atoms with E-state index in [2.05, 4.69) is 15.5 Å². The molecule has 0 amide bonds. The van der Waals surface area contributed by atoms with E-state index in [4.69, 9.17) is 4.74 Å². The van der Waals surface area contributed by atoms with Crippen LogP contribution in [0.3, 0.4) is 0 Å². The van der Waals surface area contributed by atoms with Gasteiger partial charge in [0.1, 0.15) is 5.75 Å². The van der Waals surface area contributed by atoms with Gasteiger partial charge in [-0.15, -0.1) is 4.83 Å². The Balaban J connectivity index is 1.65. The van der Waals surface area contributed by atoms with Crippen molar-refractivity contribution < 1.29 is 13.2 Å². The SMILES string of the molecule is COc1ccc(S(=O)(=O)NN2CCC=C(Cn3cccc3)C2)cc1. The van der Waals surface area contributed by atoms with Crippen molar-refractivity contribution in [2.75, 3.05) is 20.2 Å². The van der Waals surface area contributed by atoms with Crippen molar-refractivity contribution >= 4 is 10.0 Å².